The number of para-hydroxylation sites is 2. The number of benzene rings is 3. The van der Waals surface area contributed by atoms with Gasteiger partial charge in [0.15, 0.2) is 0 Å². The van der Waals surface area contributed by atoms with Gasteiger partial charge in [-0.25, -0.2) is 0 Å². The molecule has 17 heteroatoms. The molecule has 290 valence electrons. The molecule has 0 spiro atoms. The lowest BCUT2D eigenvalue weighted by Gasteiger charge is -2.36. The first-order valence-corrected chi connectivity index (χ1v) is 17.2. The number of nitrogens with zero attached hydrogens (tertiary/aromatic N) is 2. The zero-order valence-corrected chi connectivity index (χ0v) is 30.1. The number of aromatic hydroxyl groups is 1. The molecule has 55 heavy (non-hydrogen) atoms. The maximum atomic E-state index is 14.3. The van der Waals surface area contributed by atoms with Crippen LogP contribution >= 0.6 is 0 Å². The molecule has 0 saturated heterocycles. The summed E-state index contributed by atoms with van der Waals surface area (Å²) in [4.78, 5) is 96.1. The zero-order chi connectivity index (χ0) is 40.2. The summed E-state index contributed by atoms with van der Waals surface area (Å²) in [5, 5.41) is 36.5. The molecule has 0 radical (unpaired) electrons. The van der Waals surface area contributed by atoms with Crippen molar-refractivity contribution in [2.45, 2.75) is 50.4 Å². The third-order valence-electron chi connectivity index (χ3n) is 8.80. The summed E-state index contributed by atoms with van der Waals surface area (Å²) in [6, 6.07) is 15.6. The maximum absolute atomic E-state index is 14.3. The number of carboxylic acids is 2. The first-order chi connectivity index (χ1) is 26.2. The highest BCUT2D eigenvalue weighted by atomic mass is 16.4. The van der Waals surface area contributed by atoms with E-state index in [4.69, 9.17) is 10.8 Å². The second kappa shape index (κ2) is 18.8. The van der Waals surface area contributed by atoms with Crippen molar-refractivity contribution in [3.63, 3.8) is 0 Å². The van der Waals surface area contributed by atoms with E-state index in [1.54, 1.807) is 54.7 Å². The second-order valence-corrected chi connectivity index (χ2v) is 12.8. The topological polar surface area (TPSA) is 265 Å². The number of phenolic OH excluding ortho intramolecular Hbond substituents is 1. The van der Waals surface area contributed by atoms with E-state index in [0.717, 1.165) is 20.7 Å². The molecular weight excluding hydrogens is 714 g/mol. The smallest absolute Gasteiger partial charge is 0.322 e. The van der Waals surface area contributed by atoms with E-state index in [9.17, 15) is 43.8 Å². The molecule has 1 heterocycles. The van der Waals surface area contributed by atoms with E-state index in [2.05, 4.69) is 20.9 Å². The molecule has 0 aliphatic carbocycles. The minimum absolute atomic E-state index is 0.0444. The van der Waals surface area contributed by atoms with Crippen molar-refractivity contribution in [1.82, 2.24) is 25.8 Å². The van der Waals surface area contributed by atoms with Gasteiger partial charge in [0.05, 0.1) is 19.0 Å². The van der Waals surface area contributed by atoms with Crippen LogP contribution in [-0.4, -0.2) is 111 Å². The number of fused-ring (bicyclic) bond motifs is 1. The fourth-order valence-electron chi connectivity index (χ4n) is 5.92. The van der Waals surface area contributed by atoms with Crippen LogP contribution in [0.4, 0.5) is 5.69 Å². The van der Waals surface area contributed by atoms with E-state index in [1.165, 1.54) is 38.2 Å². The zero-order valence-electron chi connectivity index (χ0n) is 30.1. The number of nitrogens with two attached hydrogens (primary N) is 1. The van der Waals surface area contributed by atoms with Gasteiger partial charge in [0.25, 0.3) is 5.91 Å². The minimum atomic E-state index is -1.71. The fourth-order valence-corrected chi connectivity index (χ4v) is 5.92. The maximum Gasteiger partial charge on any atom is 0.322 e. The van der Waals surface area contributed by atoms with Crippen molar-refractivity contribution >= 4 is 58.1 Å². The monoisotopic (exact) mass is 757 g/mol. The highest BCUT2D eigenvalue weighted by molar-refractivity contribution is 6.06. The van der Waals surface area contributed by atoms with Crippen LogP contribution in [0.3, 0.4) is 0 Å². The molecule has 4 aromatic rings. The average Bonchev–Trinajstić information content (AvgIpc) is 3.57. The van der Waals surface area contributed by atoms with Crippen LogP contribution in [0.2, 0.25) is 0 Å². The predicted octanol–water partition coefficient (Wildman–Crippen LogP) is 0.511. The van der Waals surface area contributed by atoms with Crippen LogP contribution in [0.5, 0.6) is 5.75 Å². The van der Waals surface area contributed by atoms with Crippen molar-refractivity contribution in [3.05, 3.63) is 96.2 Å². The Hall–Kier alpha value is -6.75. The molecule has 0 aliphatic rings. The van der Waals surface area contributed by atoms with Gasteiger partial charge < -0.3 is 46.9 Å². The van der Waals surface area contributed by atoms with Gasteiger partial charge in [-0.2, -0.15) is 0 Å². The lowest BCUT2D eigenvalue weighted by molar-refractivity contribution is -0.146. The number of carbonyl (C=O) groups is 7. The Labute approximate surface area is 315 Å². The van der Waals surface area contributed by atoms with E-state index in [0.29, 0.717) is 11.1 Å². The van der Waals surface area contributed by atoms with Crippen molar-refractivity contribution in [3.8, 4) is 5.75 Å². The molecule has 0 bridgehead atoms. The first kappa shape index (κ1) is 41.0. The summed E-state index contributed by atoms with van der Waals surface area (Å²) in [5.74, 6) is -6.84. The van der Waals surface area contributed by atoms with Crippen LogP contribution in [-0.2, 0) is 46.4 Å². The van der Waals surface area contributed by atoms with Gasteiger partial charge in [-0.15, -0.1) is 0 Å². The summed E-state index contributed by atoms with van der Waals surface area (Å²) in [6.45, 7) is 0.00928. The number of aromatic amines is 1. The van der Waals surface area contributed by atoms with Crippen molar-refractivity contribution in [2.24, 2.45) is 5.73 Å². The van der Waals surface area contributed by atoms with Gasteiger partial charge in [-0.1, -0.05) is 48.5 Å². The third kappa shape index (κ3) is 11.1. The Morgan fingerprint density at radius 2 is 1.42 bits per heavy atom. The number of aromatic nitrogens is 1. The summed E-state index contributed by atoms with van der Waals surface area (Å²) in [7, 11) is 1.20. The number of hydrogen-bond donors (Lipinski definition) is 8. The Balaban J connectivity index is 1.60. The van der Waals surface area contributed by atoms with Gasteiger partial charge in [-0.05, 0) is 54.8 Å². The number of H-pyrrole nitrogens is 1. The number of rotatable bonds is 18. The van der Waals surface area contributed by atoms with Gasteiger partial charge >= 0.3 is 11.9 Å². The van der Waals surface area contributed by atoms with E-state index in [-0.39, 0.29) is 24.3 Å². The third-order valence-corrected chi connectivity index (χ3v) is 8.80. The Morgan fingerprint density at radius 1 is 0.782 bits per heavy atom. The van der Waals surface area contributed by atoms with Crippen molar-refractivity contribution in [2.75, 3.05) is 25.0 Å². The number of nitrogens with one attached hydrogen (secondary N) is 4. The van der Waals surface area contributed by atoms with E-state index < -0.39 is 85.2 Å². The van der Waals surface area contributed by atoms with Crippen molar-refractivity contribution in [1.29, 1.82) is 0 Å². The van der Waals surface area contributed by atoms with Crippen LogP contribution in [0.25, 0.3) is 10.9 Å². The highest BCUT2D eigenvalue weighted by Gasteiger charge is 2.39. The SMILES string of the molecule is CC(C(=O)NCC(=O)O)N(C(=O)C(CC(=O)O)N(C)C(=O)C(Cc1c[nH]c2ccccc12)NC(=O)CNC(=O)C(N)Cc1ccc(O)cc1)c1ccccc1. The molecule has 0 saturated carbocycles. The Bertz CT molecular complexity index is 2020. The number of carboxylic acid groups (broad SMARTS) is 2. The van der Waals surface area contributed by atoms with E-state index >= 15 is 0 Å². The molecule has 4 rings (SSSR count). The number of carbonyl (C=O) groups excluding carboxylic acids is 5. The molecule has 17 nitrogen and oxygen atoms in total. The van der Waals surface area contributed by atoms with E-state index in [1.807, 2.05) is 6.07 Å². The normalized spacial score (nSPS) is 13.1. The summed E-state index contributed by atoms with van der Waals surface area (Å²) < 4.78 is 0. The van der Waals surface area contributed by atoms with Gasteiger partial charge in [0.1, 0.15) is 30.4 Å². The first-order valence-electron chi connectivity index (χ1n) is 17.2. The number of phenols is 1. The minimum Gasteiger partial charge on any atom is -0.508 e. The predicted molar refractivity (Wildman–Crippen MR) is 200 cm³/mol. The van der Waals surface area contributed by atoms with Crippen LogP contribution in [0.1, 0.15) is 24.5 Å². The molecule has 3 aromatic carbocycles. The summed E-state index contributed by atoms with van der Waals surface area (Å²) >= 11 is 0. The highest BCUT2D eigenvalue weighted by Crippen LogP contribution is 2.23. The molecule has 9 N–H and O–H groups in total. The molecule has 4 unspecified atom stereocenters. The molecule has 4 atom stereocenters. The van der Waals surface area contributed by atoms with Crippen molar-refractivity contribution < 1.29 is 48.9 Å². The lowest BCUT2D eigenvalue weighted by atomic mass is 10.0. The average molecular weight is 758 g/mol. The van der Waals surface area contributed by atoms with Crippen LogP contribution in [0, 0.1) is 0 Å². The summed E-state index contributed by atoms with van der Waals surface area (Å²) in [5.41, 5.74) is 8.23. The Morgan fingerprint density at radius 3 is 2.07 bits per heavy atom. The van der Waals surface area contributed by atoms with Crippen LogP contribution in [0.15, 0.2) is 85.1 Å². The molecule has 5 amide bonds. The standard InChI is InChI=1S/C38H43N7O10/c1-22(35(52)42-21-34(50)51)45(25-8-4-3-5-9-25)38(55)31(18-33(48)49)44(2)37(54)30(17-24-19-40-29-11-7-6-10-27(24)29)43-32(47)20-41-36(53)28(39)16-23-12-14-26(46)15-13-23/h3-15,19,22,28,30-31,40,46H,16-18,20-21,39H2,1-2H3,(H,41,53)(H,42,52)(H,43,47)(H,48,49)(H,50,51). The van der Waals surface area contributed by atoms with Gasteiger partial charge in [-0.3, -0.25) is 38.5 Å². The number of hydrogen-bond acceptors (Lipinski definition) is 9. The number of amides is 5. The molecular formula is C38H43N7O10. The Kier molecular flexibility index (Phi) is 14.0. The fraction of sp³-hybridized carbons (Fsp3) is 0.289. The molecule has 0 aliphatic heterocycles. The van der Waals surface area contributed by atoms with Crippen LogP contribution < -0.4 is 26.6 Å². The summed E-state index contributed by atoms with van der Waals surface area (Å²) in [6.07, 6.45) is 0.753. The van der Waals surface area contributed by atoms with Gasteiger partial charge in [0.2, 0.25) is 23.6 Å². The lowest BCUT2D eigenvalue weighted by Crippen LogP contribution is -2.59. The quantitative estimate of drug-likeness (QED) is 0.0693. The molecule has 0 fully saturated rings. The largest absolute Gasteiger partial charge is 0.508 e. The molecule has 1 aromatic heterocycles. The van der Waals surface area contributed by atoms with Gasteiger partial charge in [0, 0.05) is 36.3 Å². The number of anilines is 1. The number of aliphatic carboxylic acids is 2. The number of likely N-dealkylation sites (N-methyl/N-ethyl adjacent to an activating group) is 1. The second-order valence-electron chi connectivity index (χ2n) is 12.8.